The Bertz CT molecular complexity index is 869. The molecule has 1 aromatic carbocycles. The number of aromatic amines is 1. The molecule has 5 heteroatoms. The number of rotatable bonds is 4. The fourth-order valence-corrected chi connectivity index (χ4v) is 3.92. The number of hydrogen-bond acceptors (Lipinski definition) is 3. The molecule has 2 N–H and O–H groups in total. The van der Waals surface area contributed by atoms with Crippen molar-refractivity contribution in [2.45, 2.75) is 32.1 Å². The highest BCUT2D eigenvalue weighted by Crippen LogP contribution is 2.33. The quantitative estimate of drug-likeness (QED) is 0.763. The van der Waals surface area contributed by atoms with Gasteiger partial charge in [-0.1, -0.05) is 19.1 Å². The minimum Gasteiger partial charge on any atom is -0.329 e. The van der Waals surface area contributed by atoms with Gasteiger partial charge in [-0.05, 0) is 55.5 Å². The van der Waals surface area contributed by atoms with Gasteiger partial charge in [0, 0.05) is 25.8 Å². The van der Waals surface area contributed by atoms with E-state index in [1.807, 2.05) is 17.9 Å². The number of anilines is 2. The van der Waals surface area contributed by atoms with Crippen molar-refractivity contribution in [3.8, 4) is 0 Å². The van der Waals surface area contributed by atoms with Crippen LogP contribution in [-0.4, -0.2) is 34.9 Å². The third kappa shape index (κ3) is 2.93. The van der Waals surface area contributed by atoms with E-state index >= 15 is 0 Å². The molecule has 4 rings (SSSR count). The second kappa shape index (κ2) is 6.56. The van der Waals surface area contributed by atoms with Gasteiger partial charge in [0.05, 0.1) is 17.2 Å². The van der Waals surface area contributed by atoms with Gasteiger partial charge in [0.1, 0.15) is 5.82 Å². The number of aryl methyl sites for hydroxylation is 2. The number of aromatic nitrogens is 3. The largest absolute Gasteiger partial charge is 0.329 e. The molecule has 1 fully saturated rings. The van der Waals surface area contributed by atoms with Gasteiger partial charge in [-0.3, -0.25) is 9.78 Å². The Balaban J connectivity index is 1.65. The molecule has 132 valence electrons. The van der Waals surface area contributed by atoms with Crippen LogP contribution in [0.3, 0.4) is 0 Å². The van der Waals surface area contributed by atoms with E-state index in [9.17, 15) is 0 Å². The van der Waals surface area contributed by atoms with Crippen molar-refractivity contribution in [2.75, 3.05) is 25.0 Å². The fourth-order valence-electron chi connectivity index (χ4n) is 3.92. The molecule has 1 saturated heterocycles. The van der Waals surface area contributed by atoms with Crippen LogP contribution in [0.25, 0.3) is 11.0 Å². The summed E-state index contributed by atoms with van der Waals surface area (Å²) in [6.07, 6.45) is 5.43. The Hall–Kier alpha value is -2.27. The summed E-state index contributed by atoms with van der Waals surface area (Å²) in [4.78, 5) is 6.82. The van der Waals surface area contributed by atoms with Crippen molar-refractivity contribution < 1.29 is 0 Å². The van der Waals surface area contributed by atoms with Gasteiger partial charge in [-0.15, -0.1) is 0 Å². The predicted molar refractivity (Wildman–Crippen MR) is 104 cm³/mol. The molecule has 0 radical (unpaired) electrons. The zero-order valence-electron chi connectivity index (χ0n) is 15.3. The minimum absolute atomic E-state index is 0.695. The second-order valence-corrected chi connectivity index (χ2v) is 7.06. The number of piperidine rings is 1. The average Bonchev–Trinajstić information content (AvgIpc) is 2.67. The Morgan fingerprint density at radius 3 is 2.76 bits per heavy atom. The lowest BCUT2D eigenvalue weighted by molar-refractivity contribution is 0.460. The first-order valence-electron chi connectivity index (χ1n) is 9.25. The highest BCUT2D eigenvalue weighted by Gasteiger charge is 2.18. The van der Waals surface area contributed by atoms with Crippen LogP contribution in [0.2, 0.25) is 0 Å². The maximum Gasteiger partial charge on any atom is 0.134 e. The van der Waals surface area contributed by atoms with E-state index in [0.717, 1.165) is 30.8 Å². The smallest absolute Gasteiger partial charge is 0.134 e. The maximum absolute atomic E-state index is 4.62. The molecule has 0 unspecified atom stereocenters. The first-order valence-corrected chi connectivity index (χ1v) is 9.25. The molecule has 3 aromatic rings. The number of nitrogens with one attached hydrogen (secondary N) is 2. The summed E-state index contributed by atoms with van der Waals surface area (Å²) >= 11 is 0. The Morgan fingerprint density at radius 1 is 1.24 bits per heavy atom. The number of nitrogens with zero attached hydrogens (tertiary/aromatic N) is 3. The molecular formula is C20H27N5. The van der Waals surface area contributed by atoms with E-state index in [2.05, 4.69) is 58.5 Å². The van der Waals surface area contributed by atoms with E-state index in [1.54, 1.807) is 0 Å². The summed E-state index contributed by atoms with van der Waals surface area (Å²) in [5.41, 5.74) is 6.43. The van der Waals surface area contributed by atoms with Gasteiger partial charge >= 0.3 is 0 Å². The summed E-state index contributed by atoms with van der Waals surface area (Å²) in [5, 5.41) is 6.66. The van der Waals surface area contributed by atoms with Crippen LogP contribution < -0.4 is 10.2 Å². The fraction of sp³-hybridized carbons (Fsp3) is 0.450. The molecule has 0 amide bonds. The average molecular weight is 337 g/mol. The highest BCUT2D eigenvalue weighted by molar-refractivity contribution is 5.80. The van der Waals surface area contributed by atoms with Crippen LogP contribution in [0.15, 0.2) is 30.5 Å². The predicted octanol–water partition coefficient (Wildman–Crippen LogP) is 3.70. The SMILES string of the molecule is CCc1cc(C2CCNCC2)ccc1N(C)c1cc2c(cn1)[nH]n2C. The zero-order valence-corrected chi connectivity index (χ0v) is 15.3. The monoisotopic (exact) mass is 337 g/mol. The van der Waals surface area contributed by atoms with Crippen molar-refractivity contribution in [3.05, 3.63) is 41.6 Å². The number of hydrogen-bond donors (Lipinski definition) is 2. The molecule has 0 atom stereocenters. The van der Waals surface area contributed by atoms with Gasteiger partial charge in [0.25, 0.3) is 0 Å². The molecule has 1 aliphatic heterocycles. The van der Waals surface area contributed by atoms with Crippen LogP contribution in [0, 0.1) is 0 Å². The molecule has 5 nitrogen and oxygen atoms in total. The number of fused-ring (bicyclic) bond motifs is 1. The molecule has 0 aliphatic carbocycles. The van der Waals surface area contributed by atoms with E-state index in [-0.39, 0.29) is 0 Å². The van der Waals surface area contributed by atoms with E-state index in [4.69, 9.17) is 0 Å². The Kier molecular flexibility index (Phi) is 4.25. The van der Waals surface area contributed by atoms with Gasteiger partial charge < -0.3 is 10.2 Å². The molecule has 3 heterocycles. The number of benzene rings is 1. The Morgan fingerprint density at radius 2 is 2.04 bits per heavy atom. The van der Waals surface area contributed by atoms with Gasteiger partial charge in [0.15, 0.2) is 0 Å². The van der Waals surface area contributed by atoms with Crippen LogP contribution in [0.4, 0.5) is 11.5 Å². The molecule has 0 bridgehead atoms. The van der Waals surface area contributed by atoms with E-state index in [0.29, 0.717) is 5.92 Å². The van der Waals surface area contributed by atoms with E-state index in [1.165, 1.54) is 35.2 Å². The maximum atomic E-state index is 4.62. The summed E-state index contributed by atoms with van der Waals surface area (Å²) in [6, 6.07) is 9.15. The summed E-state index contributed by atoms with van der Waals surface area (Å²) in [6.45, 7) is 4.50. The molecule has 25 heavy (non-hydrogen) atoms. The summed E-state index contributed by atoms with van der Waals surface area (Å²) in [5.74, 6) is 1.68. The topological polar surface area (TPSA) is 48.9 Å². The van der Waals surface area contributed by atoms with Crippen LogP contribution in [-0.2, 0) is 13.5 Å². The lowest BCUT2D eigenvalue weighted by atomic mass is 9.88. The van der Waals surface area contributed by atoms with Crippen molar-refractivity contribution in [2.24, 2.45) is 7.05 Å². The van der Waals surface area contributed by atoms with E-state index < -0.39 is 0 Å². The van der Waals surface area contributed by atoms with Crippen molar-refractivity contribution in [3.63, 3.8) is 0 Å². The molecule has 0 saturated carbocycles. The molecule has 1 aliphatic rings. The van der Waals surface area contributed by atoms with Crippen molar-refractivity contribution >= 4 is 22.5 Å². The Labute approximate surface area is 149 Å². The molecule has 2 aromatic heterocycles. The molecular weight excluding hydrogens is 310 g/mol. The van der Waals surface area contributed by atoms with Crippen LogP contribution in [0.1, 0.15) is 36.8 Å². The molecule has 0 spiro atoms. The number of pyridine rings is 1. The lowest BCUT2D eigenvalue weighted by Crippen LogP contribution is -2.26. The minimum atomic E-state index is 0.695. The standard InChI is InChI=1S/C20H27N5/c1-4-14-11-16(15-7-9-21-10-8-15)5-6-18(14)24(2)20-12-19-17(13-22-20)23-25(19)3/h5-6,11-13,15,21,23H,4,7-10H2,1-3H3. The van der Waals surface area contributed by atoms with Crippen LogP contribution >= 0.6 is 0 Å². The van der Waals surface area contributed by atoms with Gasteiger partial charge in [-0.2, -0.15) is 0 Å². The normalized spacial score (nSPS) is 15.8. The summed E-state index contributed by atoms with van der Waals surface area (Å²) in [7, 11) is 4.14. The van der Waals surface area contributed by atoms with Crippen LogP contribution in [0.5, 0.6) is 0 Å². The first kappa shape index (κ1) is 16.2. The third-order valence-electron chi connectivity index (χ3n) is 5.52. The second-order valence-electron chi connectivity index (χ2n) is 7.06. The first-order chi connectivity index (χ1) is 12.2. The zero-order chi connectivity index (χ0) is 17.4. The van der Waals surface area contributed by atoms with Gasteiger partial charge in [0.2, 0.25) is 0 Å². The highest BCUT2D eigenvalue weighted by atomic mass is 15.3. The summed E-state index contributed by atoms with van der Waals surface area (Å²) < 4.78 is 2.02. The third-order valence-corrected chi connectivity index (χ3v) is 5.52. The van der Waals surface area contributed by atoms with Crippen molar-refractivity contribution in [1.82, 2.24) is 20.1 Å². The lowest BCUT2D eigenvalue weighted by Gasteiger charge is -2.26. The number of H-pyrrole nitrogens is 1. The van der Waals surface area contributed by atoms with Crippen molar-refractivity contribution in [1.29, 1.82) is 0 Å². The van der Waals surface area contributed by atoms with Gasteiger partial charge in [-0.25, -0.2) is 4.98 Å².